The Morgan fingerprint density at radius 1 is 1.12 bits per heavy atom. The molecule has 4 nitrogen and oxygen atoms in total. The molecule has 0 N–H and O–H groups in total. The van der Waals surface area contributed by atoms with E-state index in [4.69, 9.17) is 0 Å². The zero-order valence-corrected chi connectivity index (χ0v) is 11.5. The van der Waals surface area contributed by atoms with Crippen LogP contribution in [0, 0.1) is 0 Å². The van der Waals surface area contributed by atoms with Gasteiger partial charge < -0.3 is 0 Å². The summed E-state index contributed by atoms with van der Waals surface area (Å²) >= 11 is 0. The minimum Gasteiger partial charge on any atom is -0.298 e. The molecule has 0 aromatic carbocycles. The third-order valence-corrected chi connectivity index (χ3v) is 5.42. The Hall–Kier alpha value is -0.130. The first-order chi connectivity index (χ1) is 7.51. The van der Waals surface area contributed by atoms with Gasteiger partial charge in [-0.2, -0.15) is 4.31 Å². The van der Waals surface area contributed by atoms with Crippen molar-refractivity contribution in [2.24, 2.45) is 0 Å². The molecule has 1 rings (SSSR count). The number of rotatable bonds is 5. The second-order valence-corrected chi connectivity index (χ2v) is 6.60. The molecule has 1 aliphatic rings. The maximum absolute atomic E-state index is 11.8. The summed E-state index contributed by atoms with van der Waals surface area (Å²) in [5.41, 5.74) is 0. The Morgan fingerprint density at radius 3 is 2.12 bits per heavy atom. The molecular weight excluding hydrogens is 224 g/mol. The SMILES string of the molecule is CCCS(=O)(=O)N1CCN([C@@H](C)CC)CC1. The summed E-state index contributed by atoms with van der Waals surface area (Å²) in [6, 6.07) is 0.566. The van der Waals surface area contributed by atoms with E-state index in [-0.39, 0.29) is 5.75 Å². The predicted octanol–water partition coefficient (Wildman–Crippen LogP) is 1.14. The molecule has 1 heterocycles. The van der Waals surface area contributed by atoms with Crippen LogP contribution in [0.1, 0.15) is 33.6 Å². The monoisotopic (exact) mass is 248 g/mol. The topological polar surface area (TPSA) is 40.6 Å². The van der Waals surface area contributed by atoms with Crippen molar-refractivity contribution in [2.45, 2.75) is 39.7 Å². The molecule has 0 bridgehead atoms. The van der Waals surface area contributed by atoms with Gasteiger partial charge in [-0.05, 0) is 19.8 Å². The molecule has 1 fully saturated rings. The first kappa shape index (κ1) is 13.9. The highest BCUT2D eigenvalue weighted by Crippen LogP contribution is 2.12. The smallest absolute Gasteiger partial charge is 0.214 e. The van der Waals surface area contributed by atoms with E-state index < -0.39 is 10.0 Å². The quantitative estimate of drug-likeness (QED) is 0.732. The number of sulfonamides is 1. The number of hydrogen-bond donors (Lipinski definition) is 0. The van der Waals surface area contributed by atoms with Gasteiger partial charge in [0.05, 0.1) is 5.75 Å². The molecule has 0 radical (unpaired) electrons. The van der Waals surface area contributed by atoms with Crippen LogP contribution >= 0.6 is 0 Å². The Balaban J connectivity index is 2.49. The molecule has 0 aliphatic carbocycles. The van der Waals surface area contributed by atoms with Gasteiger partial charge in [0.1, 0.15) is 0 Å². The normalized spacial score (nSPS) is 22.2. The summed E-state index contributed by atoms with van der Waals surface area (Å²) < 4.78 is 25.3. The Labute approximate surface area is 99.7 Å². The average Bonchev–Trinajstić information content (AvgIpc) is 2.28. The van der Waals surface area contributed by atoms with Crippen molar-refractivity contribution in [1.82, 2.24) is 9.21 Å². The van der Waals surface area contributed by atoms with Crippen molar-refractivity contribution in [3.05, 3.63) is 0 Å². The summed E-state index contributed by atoms with van der Waals surface area (Å²) in [6.07, 6.45) is 1.83. The van der Waals surface area contributed by atoms with Crippen LogP contribution in [0.3, 0.4) is 0 Å². The lowest BCUT2D eigenvalue weighted by molar-refractivity contribution is 0.142. The van der Waals surface area contributed by atoms with Crippen LogP contribution in [0.4, 0.5) is 0 Å². The fraction of sp³-hybridized carbons (Fsp3) is 1.00. The second-order valence-electron chi connectivity index (χ2n) is 4.51. The summed E-state index contributed by atoms with van der Waals surface area (Å²) in [5.74, 6) is 0.288. The Bertz CT molecular complexity index is 295. The minimum atomic E-state index is -2.98. The lowest BCUT2D eigenvalue weighted by atomic mass is 10.2. The highest BCUT2D eigenvalue weighted by atomic mass is 32.2. The lowest BCUT2D eigenvalue weighted by Crippen LogP contribution is -2.51. The first-order valence-corrected chi connectivity index (χ1v) is 7.84. The second kappa shape index (κ2) is 5.98. The lowest BCUT2D eigenvalue weighted by Gasteiger charge is -2.37. The molecule has 5 heteroatoms. The molecule has 16 heavy (non-hydrogen) atoms. The van der Waals surface area contributed by atoms with Crippen LogP contribution in [0.2, 0.25) is 0 Å². The molecule has 0 amide bonds. The highest BCUT2D eigenvalue weighted by molar-refractivity contribution is 7.89. The molecule has 1 aliphatic heterocycles. The molecule has 1 saturated heterocycles. The third-order valence-electron chi connectivity index (χ3n) is 3.34. The van der Waals surface area contributed by atoms with Gasteiger partial charge in [-0.25, -0.2) is 8.42 Å². The van der Waals surface area contributed by atoms with E-state index in [9.17, 15) is 8.42 Å². The molecular formula is C11H24N2O2S. The molecule has 0 spiro atoms. The van der Waals surface area contributed by atoms with Crippen LogP contribution in [0.15, 0.2) is 0 Å². The first-order valence-electron chi connectivity index (χ1n) is 6.23. The van der Waals surface area contributed by atoms with Crippen LogP contribution in [-0.4, -0.2) is 55.6 Å². The van der Waals surface area contributed by atoms with Gasteiger partial charge >= 0.3 is 0 Å². The fourth-order valence-corrected chi connectivity index (χ4v) is 3.56. The standard InChI is InChI=1S/C11H24N2O2S/c1-4-10-16(14,15)13-8-6-12(7-9-13)11(3)5-2/h11H,4-10H2,1-3H3/t11-/m0/s1. The number of piperazine rings is 1. The van der Waals surface area contributed by atoms with Crippen molar-refractivity contribution in [3.63, 3.8) is 0 Å². The molecule has 96 valence electrons. The van der Waals surface area contributed by atoms with Crippen LogP contribution in [-0.2, 0) is 10.0 Å². The van der Waals surface area contributed by atoms with Crippen molar-refractivity contribution in [3.8, 4) is 0 Å². The fourth-order valence-electron chi connectivity index (χ4n) is 2.07. The van der Waals surface area contributed by atoms with E-state index in [2.05, 4.69) is 18.7 Å². The van der Waals surface area contributed by atoms with E-state index in [1.807, 2.05) is 6.92 Å². The van der Waals surface area contributed by atoms with Crippen LogP contribution in [0.5, 0.6) is 0 Å². The largest absolute Gasteiger partial charge is 0.298 e. The van der Waals surface area contributed by atoms with Crippen molar-refractivity contribution < 1.29 is 8.42 Å². The van der Waals surface area contributed by atoms with Gasteiger partial charge in [-0.1, -0.05) is 13.8 Å². The van der Waals surface area contributed by atoms with E-state index >= 15 is 0 Å². The summed E-state index contributed by atoms with van der Waals surface area (Å²) in [7, 11) is -2.98. The predicted molar refractivity (Wildman–Crippen MR) is 67.0 cm³/mol. The summed E-state index contributed by atoms with van der Waals surface area (Å²) in [5, 5.41) is 0. The van der Waals surface area contributed by atoms with Gasteiger partial charge in [0, 0.05) is 32.2 Å². The van der Waals surface area contributed by atoms with Gasteiger partial charge in [-0.15, -0.1) is 0 Å². The minimum absolute atomic E-state index is 0.288. The van der Waals surface area contributed by atoms with Crippen molar-refractivity contribution in [2.75, 3.05) is 31.9 Å². The van der Waals surface area contributed by atoms with Crippen molar-refractivity contribution in [1.29, 1.82) is 0 Å². The van der Waals surface area contributed by atoms with Gasteiger partial charge in [0.2, 0.25) is 10.0 Å². The van der Waals surface area contributed by atoms with Gasteiger partial charge in [0.25, 0.3) is 0 Å². The Morgan fingerprint density at radius 2 is 1.69 bits per heavy atom. The molecule has 0 saturated carbocycles. The van der Waals surface area contributed by atoms with E-state index in [1.54, 1.807) is 4.31 Å². The van der Waals surface area contributed by atoms with E-state index in [0.29, 0.717) is 25.6 Å². The molecule has 0 aromatic rings. The Kier molecular flexibility index (Phi) is 5.21. The van der Waals surface area contributed by atoms with Crippen LogP contribution in [0.25, 0.3) is 0 Å². The van der Waals surface area contributed by atoms with Gasteiger partial charge in [0.15, 0.2) is 0 Å². The molecule has 0 aromatic heterocycles. The summed E-state index contributed by atoms with van der Waals surface area (Å²) in [6.45, 7) is 9.35. The highest BCUT2D eigenvalue weighted by Gasteiger charge is 2.27. The van der Waals surface area contributed by atoms with Crippen molar-refractivity contribution >= 4 is 10.0 Å². The van der Waals surface area contributed by atoms with Crippen LogP contribution < -0.4 is 0 Å². The zero-order chi connectivity index (χ0) is 12.2. The van der Waals surface area contributed by atoms with Gasteiger partial charge in [-0.3, -0.25) is 4.90 Å². The maximum Gasteiger partial charge on any atom is 0.214 e. The van der Waals surface area contributed by atoms with E-state index in [1.165, 1.54) is 0 Å². The maximum atomic E-state index is 11.8. The molecule has 0 unspecified atom stereocenters. The number of nitrogens with zero attached hydrogens (tertiary/aromatic N) is 2. The number of hydrogen-bond acceptors (Lipinski definition) is 3. The average molecular weight is 248 g/mol. The summed E-state index contributed by atoms with van der Waals surface area (Å²) in [4.78, 5) is 2.37. The third kappa shape index (κ3) is 3.43. The van der Waals surface area contributed by atoms with E-state index in [0.717, 1.165) is 19.5 Å². The molecule has 1 atom stereocenters. The zero-order valence-electron chi connectivity index (χ0n) is 10.6.